The van der Waals surface area contributed by atoms with Crippen molar-refractivity contribution >= 4 is 17.5 Å². The van der Waals surface area contributed by atoms with E-state index < -0.39 is 0 Å². The van der Waals surface area contributed by atoms with Gasteiger partial charge >= 0.3 is 0 Å². The van der Waals surface area contributed by atoms with E-state index in [4.69, 9.17) is 0 Å². The Labute approximate surface area is 130 Å². The Bertz CT molecular complexity index is 618. The SMILES string of the molecule is Cc1ccc(N2CCN(c3cc(N(C)C)ncn3)CC2)nn1. The molecule has 2 aromatic rings. The number of anilines is 3. The Kier molecular flexibility index (Phi) is 4.04. The summed E-state index contributed by atoms with van der Waals surface area (Å²) in [5, 5.41) is 8.39. The van der Waals surface area contributed by atoms with Gasteiger partial charge in [-0.15, -0.1) is 5.10 Å². The lowest BCUT2D eigenvalue weighted by atomic mass is 10.3. The fraction of sp³-hybridized carbons (Fsp3) is 0.467. The van der Waals surface area contributed by atoms with Gasteiger partial charge in [0.25, 0.3) is 0 Å². The van der Waals surface area contributed by atoms with Gasteiger partial charge in [-0.3, -0.25) is 0 Å². The van der Waals surface area contributed by atoms with Gasteiger partial charge in [0.15, 0.2) is 5.82 Å². The van der Waals surface area contributed by atoms with Crippen molar-refractivity contribution in [3.8, 4) is 0 Å². The topological polar surface area (TPSA) is 61.3 Å². The molecule has 1 aliphatic heterocycles. The Morgan fingerprint density at radius 3 is 2.18 bits per heavy atom. The molecule has 7 nitrogen and oxygen atoms in total. The summed E-state index contributed by atoms with van der Waals surface area (Å²) in [6, 6.07) is 6.07. The van der Waals surface area contributed by atoms with Gasteiger partial charge in [-0.1, -0.05) is 0 Å². The molecule has 1 fully saturated rings. The molecule has 0 saturated carbocycles. The smallest absolute Gasteiger partial charge is 0.151 e. The third-order valence-corrected chi connectivity index (χ3v) is 3.81. The fourth-order valence-electron chi connectivity index (χ4n) is 2.48. The molecule has 1 aliphatic rings. The maximum atomic E-state index is 4.40. The summed E-state index contributed by atoms with van der Waals surface area (Å²) in [6.07, 6.45) is 1.63. The van der Waals surface area contributed by atoms with Crippen molar-refractivity contribution in [2.24, 2.45) is 0 Å². The highest BCUT2D eigenvalue weighted by atomic mass is 15.3. The Morgan fingerprint density at radius 2 is 1.59 bits per heavy atom. The summed E-state index contributed by atoms with van der Waals surface area (Å²) >= 11 is 0. The lowest BCUT2D eigenvalue weighted by Gasteiger charge is -2.35. The number of nitrogens with zero attached hydrogens (tertiary/aromatic N) is 7. The predicted octanol–water partition coefficient (Wildman–Crippen LogP) is 0.968. The van der Waals surface area contributed by atoms with E-state index in [9.17, 15) is 0 Å². The van der Waals surface area contributed by atoms with Crippen molar-refractivity contribution in [3.05, 3.63) is 30.2 Å². The predicted molar refractivity (Wildman–Crippen MR) is 87.6 cm³/mol. The van der Waals surface area contributed by atoms with Crippen LogP contribution in [-0.4, -0.2) is 60.4 Å². The average Bonchev–Trinajstić information content (AvgIpc) is 2.56. The van der Waals surface area contributed by atoms with Crippen molar-refractivity contribution in [2.75, 3.05) is 55.0 Å². The molecule has 0 aliphatic carbocycles. The van der Waals surface area contributed by atoms with Crippen molar-refractivity contribution in [1.29, 1.82) is 0 Å². The van der Waals surface area contributed by atoms with Crippen LogP contribution < -0.4 is 14.7 Å². The Hall–Kier alpha value is -2.44. The first kappa shape index (κ1) is 14.5. The van der Waals surface area contributed by atoms with Crippen LogP contribution in [0.15, 0.2) is 24.5 Å². The second kappa shape index (κ2) is 6.13. The van der Waals surface area contributed by atoms with E-state index in [0.717, 1.165) is 49.3 Å². The first-order valence-electron chi connectivity index (χ1n) is 7.43. The van der Waals surface area contributed by atoms with Gasteiger partial charge in [-0.25, -0.2) is 9.97 Å². The highest BCUT2D eigenvalue weighted by Gasteiger charge is 2.19. The molecule has 0 aromatic carbocycles. The summed E-state index contributed by atoms with van der Waals surface area (Å²) in [5.74, 6) is 2.85. The minimum Gasteiger partial charge on any atom is -0.363 e. The van der Waals surface area contributed by atoms with Crippen LogP contribution in [0.2, 0.25) is 0 Å². The molecule has 3 rings (SSSR count). The van der Waals surface area contributed by atoms with Crippen LogP contribution in [0.4, 0.5) is 17.5 Å². The molecule has 0 unspecified atom stereocenters. The fourth-order valence-corrected chi connectivity index (χ4v) is 2.48. The molecule has 0 amide bonds. The number of hydrogen-bond donors (Lipinski definition) is 0. The largest absolute Gasteiger partial charge is 0.363 e. The lowest BCUT2D eigenvalue weighted by Crippen LogP contribution is -2.47. The standard InChI is InChI=1S/C15H21N7/c1-12-4-5-13(19-18-12)21-6-8-22(9-7-21)15-10-14(20(2)3)16-11-17-15/h4-5,10-11H,6-9H2,1-3H3. The molecule has 22 heavy (non-hydrogen) atoms. The quantitative estimate of drug-likeness (QED) is 0.836. The molecule has 1 saturated heterocycles. The molecule has 0 atom stereocenters. The molecule has 3 heterocycles. The van der Waals surface area contributed by atoms with Crippen LogP contribution in [0.5, 0.6) is 0 Å². The number of aryl methyl sites for hydroxylation is 1. The number of aromatic nitrogens is 4. The highest BCUT2D eigenvalue weighted by Crippen LogP contribution is 2.19. The summed E-state index contributed by atoms with van der Waals surface area (Å²) in [7, 11) is 3.97. The molecule has 0 bridgehead atoms. The third kappa shape index (κ3) is 3.08. The molecular formula is C15H21N7. The zero-order chi connectivity index (χ0) is 15.5. The molecule has 0 N–H and O–H groups in total. The monoisotopic (exact) mass is 299 g/mol. The van der Waals surface area contributed by atoms with E-state index in [1.165, 1.54) is 0 Å². The zero-order valence-electron chi connectivity index (χ0n) is 13.3. The minimum atomic E-state index is 0.916. The van der Waals surface area contributed by atoms with Crippen LogP contribution in [0.1, 0.15) is 5.69 Å². The Balaban J connectivity index is 1.66. The molecule has 0 radical (unpaired) electrons. The third-order valence-electron chi connectivity index (χ3n) is 3.81. The van der Waals surface area contributed by atoms with Crippen LogP contribution in [-0.2, 0) is 0 Å². The second-order valence-corrected chi connectivity index (χ2v) is 5.64. The maximum Gasteiger partial charge on any atom is 0.151 e. The van der Waals surface area contributed by atoms with Gasteiger partial charge in [-0.2, -0.15) is 5.10 Å². The van der Waals surface area contributed by atoms with Crippen molar-refractivity contribution in [2.45, 2.75) is 6.92 Å². The zero-order valence-corrected chi connectivity index (χ0v) is 13.3. The van der Waals surface area contributed by atoms with E-state index in [1.807, 2.05) is 44.1 Å². The molecule has 2 aromatic heterocycles. The van der Waals surface area contributed by atoms with Gasteiger partial charge in [0.2, 0.25) is 0 Å². The minimum absolute atomic E-state index is 0.916. The number of rotatable bonds is 3. The van der Waals surface area contributed by atoms with E-state index in [-0.39, 0.29) is 0 Å². The Morgan fingerprint density at radius 1 is 0.909 bits per heavy atom. The van der Waals surface area contributed by atoms with E-state index >= 15 is 0 Å². The number of piperazine rings is 1. The summed E-state index contributed by atoms with van der Waals surface area (Å²) in [4.78, 5) is 15.2. The molecule has 116 valence electrons. The average molecular weight is 299 g/mol. The highest BCUT2D eigenvalue weighted by molar-refractivity contribution is 5.51. The van der Waals surface area contributed by atoms with Gasteiger partial charge < -0.3 is 14.7 Å². The van der Waals surface area contributed by atoms with E-state index in [0.29, 0.717) is 0 Å². The van der Waals surface area contributed by atoms with Crippen molar-refractivity contribution in [3.63, 3.8) is 0 Å². The lowest BCUT2D eigenvalue weighted by molar-refractivity contribution is 0.637. The summed E-state index contributed by atoms with van der Waals surface area (Å²) in [5.41, 5.74) is 0.944. The number of hydrogen-bond acceptors (Lipinski definition) is 7. The normalized spacial score (nSPS) is 15.0. The van der Waals surface area contributed by atoms with Crippen LogP contribution in [0.3, 0.4) is 0 Å². The van der Waals surface area contributed by atoms with Gasteiger partial charge in [0, 0.05) is 46.3 Å². The molecular weight excluding hydrogens is 278 g/mol. The van der Waals surface area contributed by atoms with Gasteiger partial charge in [-0.05, 0) is 19.1 Å². The van der Waals surface area contributed by atoms with Crippen LogP contribution in [0.25, 0.3) is 0 Å². The van der Waals surface area contributed by atoms with Crippen molar-refractivity contribution in [1.82, 2.24) is 20.2 Å². The van der Waals surface area contributed by atoms with Crippen molar-refractivity contribution < 1.29 is 0 Å². The van der Waals surface area contributed by atoms with E-state index in [1.54, 1.807) is 6.33 Å². The second-order valence-electron chi connectivity index (χ2n) is 5.64. The summed E-state index contributed by atoms with van der Waals surface area (Å²) < 4.78 is 0. The maximum absolute atomic E-state index is 4.40. The van der Waals surface area contributed by atoms with E-state index in [2.05, 4.69) is 30.0 Å². The first-order chi connectivity index (χ1) is 10.6. The summed E-state index contributed by atoms with van der Waals surface area (Å²) in [6.45, 7) is 5.61. The van der Waals surface area contributed by atoms with Crippen LogP contribution in [0, 0.1) is 6.92 Å². The van der Waals surface area contributed by atoms with Crippen LogP contribution >= 0.6 is 0 Å². The first-order valence-corrected chi connectivity index (χ1v) is 7.43. The van der Waals surface area contributed by atoms with Gasteiger partial charge in [0.1, 0.15) is 18.0 Å². The molecule has 0 spiro atoms. The van der Waals surface area contributed by atoms with Gasteiger partial charge in [0.05, 0.1) is 5.69 Å². The molecule has 7 heteroatoms.